The summed E-state index contributed by atoms with van der Waals surface area (Å²) in [6.07, 6.45) is 0. The third-order valence-corrected chi connectivity index (χ3v) is 3.21. The fraction of sp³-hybridized carbons (Fsp3) is 0.500. The van der Waals surface area contributed by atoms with Crippen LogP contribution in [0, 0.1) is 0 Å². The SMILES string of the molecule is CCOC(C)(C)CNCC(=O)Nc1ccccc1Br. The number of hydrogen-bond acceptors (Lipinski definition) is 3. The van der Waals surface area contributed by atoms with E-state index in [0.29, 0.717) is 13.2 Å². The van der Waals surface area contributed by atoms with Gasteiger partial charge in [0.05, 0.1) is 17.8 Å². The Morgan fingerprint density at radius 3 is 2.68 bits per heavy atom. The zero-order valence-corrected chi connectivity index (χ0v) is 13.2. The van der Waals surface area contributed by atoms with E-state index in [2.05, 4.69) is 26.6 Å². The molecule has 0 spiro atoms. The predicted octanol–water partition coefficient (Wildman–Crippen LogP) is 2.79. The van der Waals surface area contributed by atoms with Gasteiger partial charge in [0, 0.05) is 17.6 Å². The highest BCUT2D eigenvalue weighted by molar-refractivity contribution is 9.10. The van der Waals surface area contributed by atoms with Crippen LogP contribution in [0.2, 0.25) is 0 Å². The number of halogens is 1. The van der Waals surface area contributed by atoms with E-state index in [4.69, 9.17) is 4.74 Å². The van der Waals surface area contributed by atoms with Crippen molar-refractivity contribution in [1.82, 2.24) is 5.32 Å². The first kappa shape index (κ1) is 16.1. The second kappa shape index (κ2) is 7.62. The van der Waals surface area contributed by atoms with Gasteiger partial charge in [-0.1, -0.05) is 12.1 Å². The molecule has 0 heterocycles. The van der Waals surface area contributed by atoms with Crippen LogP contribution in [0.1, 0.15) is 20.8 Å². The van der Waals surface area contributed by atoms with E-state index in [9.17, 15) is 4.79 Å². The quantitative estimate of drug-likeness (QED) is 0.809. The number of carbonyl (C=O) groups is 1. The molecule has 0 aliphatic heterocycles. The van der Waals surface area contributed by atoms with Crippen molar-refractivity contribution in [3.8, 4) is 0 Å². The van der Waals surface area contributed by atoms with E-state index in [0.717, 1.165) is 10.2 Å². The van der Waals surface area contributed by atoms with Crippen molar-refractivity contribution < 1.29 is 9.53 Å². The van der Waals surface area contributed by atoms with Gasteiger partial charge in [0.25, 0.3) is 0 Å². The normalized spacial score (nSPS) is 11.4. The molecule has 4 nitrogen and oxygen atoms in total. The van der Waals surface area contributed by atoms with Crippen LogP contribution in [0.5, 0.6) is 0 Å². The number of hydrogen-bond donors (Lipinski definition) is 2. The van der Waals surface area contributed by atoms with Gasteiger partial charge in [-0.2, -0.15) is 0 Å². The fourth-order valence-corrected chi connectivity index (χ4v) is 2.06. The lowest BCUT2D eigenvalue weighted by molar-refractivity contribution is -0.115. The van der Waals surface area contributed by atoms with Crippen LogP contribution in [-0.2, 0) is 9.53 Å². The van der Waals surface area contributed by atoms with E-state index < -0.39 is 0 Å². The molecule has 0 aliphatic carbocycles. The van der Waals surface area contributed by atoms with Gasteiger partial charge in [-0.3, -0.25) is 4.79 Å². The van der Waals surface area contributed by atoms with Crippen LogP contribution in [0.3, 0.4) is 0 Å². The van der Waals surface area contributed by atoms with Gasteiger partial charge >= 0.3 is 0 Å². The Labute approximate surface area is 123 Å². The van der Waals surface area contributed by atoms with Gasteiger partial charge in [0.15, 0.2) is 0 Å². The van der Waals surface area contributed by atoms with Crippen molar-refractivity contribution >= 4 is 27.5 Å². The molecule has 0 fully saturated rings. The monoisotopic (exact) mass is 328 g/mol. The first-order valence-corrected chi connectivity index (χ1v) is 7.13. The first-order chi connectivity index (χ1) is 8.94. The lowest BCUT2D eigenvalue weighted by Gasteiger charge is -2.24. The average molecular weight is 329 g/mol. The average Bonchev–Trinajstić information content (AvgIpc) is 2.31. The summed E-state index contributed by atoms with van der Waals surface area (Å²) < 4.78 is 6.42. The Hall–Kier alpha value is -0.910. The second-order valence-corrected chi connectivity index (χ2v) is 5.68. The van der Waals surface area contributed by atoms with Crippen molar-refractivity contribution in [2.45, 2.75) is 26.4 Å². The van der Waals surface area contributed by atoms with Gasteiger partial charge < -0.3 is 15.4 Å². The molecule has 0 saturated heterocycles. The van der Waals surface area contributed by atoms with Crippen molar-refractivity contribution in [2.75, 3.05) is 25.0 Å². The molecule has 0 unspecified atom stereocenters. The molecule has 2 N–H and O–H groups in total. The third-order valence-electron chi connectivity index (χ3n) is 2.52. The van der Waals surface area contributed by atoms with E-state index in [1.165, 1.54) is 0 Å². The van der Waals surface area contributed by atoms with Gasteiger partial charge in [-0.15, -0.1) is 0 Å². The molecule has 1 amide bonds. The zero-order chi connectivity index (χ0) is 14.3. The molecule has 0 aliphatic rings. The predicted molar refractivity (Wildman–Crippen MR) is 81.3 cm³/mol. The standard InChI is InChI=1S/C14H21BrN2O2/c1-4-19-14(2,3)10-16-9-13(18)17-12-8-6-5-7-11(12)15/h5-8,16H,4,9-10H2,1-3H3,(H,17,18). The smallest absolute Gasteiger partial charge is 0.238 e. The Morgan fingerprint density at radius 2 is 2.05 bits per heavy atom. The summed E-state index contributed by atoms with van der Waals surface area (Å²) in [5.74, 6) is -0.0702. The molecule has 1 aromatic carbocycles. The molecular weight excluding hydrogens is 308 g/mol. The minimum absolute atomic E-state index is 0.0702. The molecule has 0 bridgehead atoms. The Balaban J connectivity index is 2.35. The highest BCUT2D eigenvalue weighted by Gasteiger charge is 2.17. The topological polar surface area (TPSA) is 50.4 Å². The number of benzene rings is 1. The number of carbonyl (C=O) groups excluding carboxylic acids is 1. The van der Waals surface area contributed by atoms with Crippen molar-refractivity contribution in [1.29, 1.82) is 0 Å². The number of ether oxygens (including phenoxy) is 1. The molecule has 106 valence electrons. The van der Waals surface area contributed by atoms with Crippen LogP contribution >= 0.6 is 15.9 Å². The number of nitrogens with one attached hydrogen (secondary N) is 2. The molecular formula is C14H21BrN2O2. The van der Waals surface area contributed by atoms with Gasteiger partial charge in [-0.05, 0) is 48.8 Å². The van der Waals surface area contributed by atoms with Crippen LogP contribution in [0.15, 0.2) is 28.7 Å². The largest absolute Gasteiger partial charge is 0.375 e. The fourth-order valence-electron chi connectivity index (χ4n) is 1.68. The summed E-state index contributed by atoms with van der Waals surface area (Å²) in [7, 11) is 0. The number of para-hydroxylation sites is 1. The molecule has 0 radical (unpaired) electrons. The van der Waals surface area contributed by atoms with Crippen LogP contribution in [0.25, 0.3) is 0 Å². The maximum absolute atomic E-state index is 11.8. The van der Waals surface area contributed by atoms with Crippen molar-refractivity contribution in [3.63, 3.8) is 0 Å². The molecule has 0 saturated carbocycles. The Kier molecular flexibility index (Phi) is 6.48. The second-order valence-electron chi connectivity index (χ2n) is 4.82. The number of anilines is 1. The van der Waals surface area contributed by atoms with E-state index in [-0.39, 0.29) is 18.1 Å². The van der Waals surface area contributed by atoms with E-state index in [1.807, 2.05) is 45.0 Å². The lowest BCUT2D eigenvalue weighted by atomic mass is 10.1. The first-order valence-electron chi connectivity index (χ1n) is 6.33. The molecule has 1 rings (SSSR count). The van der Waals surface area contributed by atoms with Crippen LogP contribution < -0.4 is 10.6 Å². The summed E-state index contributed by atoms with van der Waals surface area (Å²) in [5.41, 5.74) is 0.515. The molecule has 0 aromatic heterocycles. The summed E-state index contributed by atoms with van der Waals surface area (Å²) >= 11 is 3.39. The highest BCUT2D eigenvalue weighted by Crippen LogP contribution is 2.20. The maximum atomic E-state index is 11.8. The Bertz CT molecular complexity index is 422. The van der Waals surface area contributed by atoms with E-state index >= 15 is 0 Å². The molecule has 1 aromatic rings. The summed E-state index contributed by atoms with van der Waals surface area (Å²) in [6, 6.07) is 7.53. The molecule has 0 atom stereocenters. The van der Waals surface area contributed by atoms with Crippen LogP contribution in [-0.4, -0.2) is 31.2 Å². The van der Waals surface area contributed by atoms with Gasteiger partial charge in [-0.25, -0.2) is 0 Å². The van der Waals surface area contributed by atoms with Crippen molar-refractivity contribution in [3.05, 3.63) is 28.7 Å². The van der Waals surface area contributed by atoms with Gasteiger partial charge in [0.1, 0.15) is 0 Å². The lowest BCUT2D eigenvalue weighted by Crippen LogP contribution is -2.40. The summed E-state index contributed by atoms with van der Waals surface area (Å²) in [5, 5.41) is 5.94. The summed E-state index contributed by atoms with van der Waals surface area (Å²) in [6.45, 7) is 7.51. The highest BCUT2D eigenvalue weighted by atomic mass is 79.9. The van der Waals surface area contributed by atoms with Gasteiger partial charge in [0.2, 0.25) is 5.91 Å². The van der Waals surface area contributed by atoms with Crippen LogP contribution in [0.4, 0.5) is 5.69 Å². The zero-order valence-electron chi connectivity index (χ0n) is 11.6. The minimum Gasteiger partial charge on any atom is -0.375 e. The van der Waals surface area contributed by atoms with E-state index in [1.54, 1.807) is 0 Å². The minimum atomic E-state index is -0.262. The number of amides is 1. The molecule has 19 heavy (non-hydrogen) atoms. The number of rotatable bonds is 7. The van der Waals surface area contributed by atoms with Crippen molar-refractivity contribution in [2.24, 2.45) is 0 Å². The third kappa shape index (κ3) is 6.18. The molecule has 5 heteroatoms. The summed E-state index contributed by atoms with van der Waals surface area (Å²) in [4.78, 5) is 11.8. The maximum Gasteiger partial charge on any atom is 0.238 e. The Morgan fingerprint density at radius 1 is 1.37 bits per heavy atom.